The molecule has 19 heavy (non-hydrogen) atoms. The van der Waals surface area contributed by atoms with Gasteiger partial charge in [0.1, 0.15) is 5.52 Å². The van der Waals surface area contributed by atoms with Gasteiger partial charge in [0.2, 0.25) is 5.95 Å². The van der Waals surface area contributed by atoms with Crippen molar-refractivity contribution in [3.05, 3.63) is 51.6 Å². The summed E-state index contributed by atoms with van der Waals surface area (Å²) in [5.41, 5.74) is 8.55. The topological polar surface area (TPSA) is 56.7 Å². The number of hydrogen-bond donors (Lipinski definition) is 1. The van der Waals surface area contributed by atoms with Crippen LogP contribution in [0.4, 0.5) is 5.95 Å². The Morgan fingerprint density at radius 2 is 2.16 bits per heavy atom. The number of anilines is 1. The Kier molecular flexibility index (Phi) is 3.16. The van der Waals surface area contributed by atoms with Crippen molar-refractivity contribution in [1.82, 2.24) is 14.5 Å². The highest BCUT2D eigenvalue weighted by Gasteiger charge is 2.10. The number of nitrogens with two attached hydrogens (primary N) is 1. The first-order chi connectivity index (χ1) is 9.13. The fourth-order valence-corrected chi connectivity index (χ4v) is 2.51. The Morgan fingerprint density at radius 1 is 1.32 bits per heavy atom. The van der Waals surface area contributed by atoms with E-state index in [1.54, 1.807) is 6.20 Å². The molecule has 0 aliphatic carbocycles. The van der Waals surface area contributed by atoms with Crippen molar-refractivity contribution in [3.8, 4) is 0 Å². The van der Waals surface area contributed by atoms with Crippen LogP contribution < -0.4 is 5.73 Å². The Balaban J connectivity index is 2.07. The molecule has 0 aliphatic rings. The Labute approximate surface area is 123 Å². The van der Waals surface area contributed by atoms with Gasteiger partial charge in [0.25, 0.3) is 0 Å². The molecule has 0 atom stereocenters. The first-order valence-electron chi connectivity index (χ1n) is 5.65. The average molecular weight is 338 g/mol. The summed E-state index contributed by atoms with van der Waals surface area (Å²) >= 11 is 9.36. The van der Waals surface area contributed by atoms with Crippen molar-refractivity contribution in [2.75, 3.05) is 5.73 Å². The van der Waals surface area contributed by atoms with E-state index in [1.807, 2.05) is 34.9 Å². The maximum atomic E-state index is 5.99. The van der Waals surface area contributed by atoms with Gasteiger partial charge in [-0.25, -0.2) is 9.97 Å². The summed E-state index contributed by atoms with van der Waals surface area (Å²) < 4.78 is 2.75. The molecule has 4 nitrogen and oxygen atoms in total. The van der Waals surface area contributed by atoms with Crippen LogP contribution in [-0.2, 0) is 6.54 Å². The third-order valence-electron chi connectivity index (χ3n) is 2.81. The summed E-state index contributed by atoms with van der Waals surface area (Å²) in [6.45, 7) is 0.595. The van der Waals surface area contributed by atoms with Gasteiger partial charge in [0, 0.05) is 15.7 Å². The number of rotatable bonds is 2. The van der Waals surface area contributed by atoms with Crippen molar-refractivity contribution in [3.63, 3.8) is 0 Å². The minimum absolute atomic E-state index is 0.445. The molecular formula is C13H10BrClN4. The van der Waals surface area contributed by atoms with Crippen molar-refractivity contribution in [2.24, 2.45) is 0 Å². The smallest absolute Gasteiger partial charge is 0.202 e. The van der Waals surface area contributed by atoms with Gasteiger partial charge in [-0.2, -0.15) is 0 Å². The van der Waals surface area contributed by atoms with Gasteiger partial charge in [-0.15, -0.1) is 0 Å². The summed E-state index contributed by atoms with van der Waals surface area (Å²) in [6.07, 6.45) is 1.73. The zero-order chi connectivity index (χ0) is 13.4. The molecule has 0 bridgehead atoms. The van der Waals surface area contributed by atoms with E-state index in [2.05, 4.69) is 25.9 Å². The highest BCUT2D eigenvalue weighted by atomic mass is 79.9. The van der Waals surface area contributed by atoms with Gasteiger partial charge in [0.05, 0.1) is 6.54 Å². The molecule has 2 aromatic heterocycles. The quantitative estimate of drug-likeness (QED) is 0.779. The SMILES string of the molecule is Nc1nc2cc(Br)cnc2n1Cc1cccc(Cl)c1. The molecule has 96 valence electrons. The van der Waals surface area contributed by atoms with E-state index in [0.29, 0.717) is 17.5 Å². The summed E-state index contributed by atoms with van der Waals surface area (Å²) in [5, 5.41) is 0.705. The van der Waals surface area contributed by atoms with Gasteiger partial charge in [-0.1, -0.05) is 23.7 Å². The van der Waals surface area contributed by atoms with Gasteiger partial charge in [-0.3, -0.25) is 4.57 Å². The summed E-state index contributed by atoms with van der Waals surface area (Å²) in [4.78, 5) is 8.67. The number of benzene rings is 1. The minimum Gasteiger partial charge on any atom is -0.369 e. The lowest BCUT2D eigenvalue weighted by Crippen LogP contribution is -2.05. The van der Waals surface area contributed by atoms with Gasteiger partial charge in [0.15, 0.2) is 5.65 Å². The van der Waals surface area contributed by atoms with Crippen LogP contribution in [0.5, 0.6) is 0 Å². The highest BCUT2D eigenvalue weighted by molar-refractivity contribution is 9.10. The van der Waals surface area contributed by atoms with Crippen molar-refractivity contribution < 1.29 is 0 Å². The van der Waals surface area contributed by atoms with Crippen LogP contribution in [-0.4, -0.2) is 14.5 Å². The molecule has 0 aliphatic heterocycles. The highest BCUT2D eigenvalue weighted by Crippen LogP contribution is 2.21. The lowest BCUT2D eigenvalue weighted by molar-refractivity contribution is 0.828. The second kappa shape index (κ2) is 4.83. The number of fused-ring (bicyclic) bond motifs is 1. The van der Waals surface area contributed by atoms with Crippen LogP contribution in [0.25, 0.3) is 11.2 Å². The van der Waals surface area contributed by atoms with E-state index in [-0.39, 0.29) is 0 Å². The van der Waals surface area contributed by atoms with Gasteiger partial charge < -0.3 is 5.73 Å². The molecule has 2 heterocycles. The van der Waals surface area contributed by atoms with Crippen molar-refractivity contribution in [2.45, 2.75) is 6.54 Å². The van der Waals surface area contributed by atoms with Gasteiger partial charge >= 0.3 is 0 Å². The van der Waals surface area contributed by atoms with E-state index in [0.717, 1.165) is 21.2 Å². The third kappa shape index (κ3) is 2.43. The minimum atomic E-state index is 0.445. The van der Waals surface area contributed by atoms with Crippen molar-refractivity contribution in [1.29, 1.82) is 0 Å². The molecule has 0 radical (unpaired) electrons. The summed E-state index contributed by atoms with van der Waals surface area (Å²) in [6, 6.07) is 9.56. The molecule has 3 rings (SSSR count). The monoisotopic (exact) mass is 336 g/mol. The second-order valence-electron chi connectivity index (χ2n) is 4.18. The Bertz CT molecular complexity index is 753. The second-order valence-corrected chi connectivity index (χ2v) is 5.53. The number of aromatic nitrogens is 3. The largest absolute Gasteiger partial charge is 0.369 e. The lowest BCUT2D eigenvalue weighted by Gasteiger charge is -2.06. The Hall–Kier alpha value is -1.59. The molecule has 0 fully saturated rings. The van der Waals surface area contributed by atoms with Crippen LogP contribution in [0.3, 0.4) is 0 Å². The van der Waals surface area contributed by atoms with E-state index in [4.69, 9.17) is 17.3 Å². The third-order valence-corrected chi connectivity index (χ3v) is 3.48. The van der Waals surface area contributed by atoms with Crippen LogP contribution in [0.2, 0.25) is 5.02 Å². The molecule has 0 spiro atoms. The van der Waals surface area contributed by atoms with Crippen LogP contribution in [0, 0.1) is 0 Å². The fourth-order valence-electron chi connectivity index (χ4n) is 1.98. The number of imidazole rings is 1. The normalized spacial score (nSPS) is 11.1. The lowest BCUT2D eigenvalue weighted by atomic mass is 10.2. The molecule has 0 amide bonds. The average Bonchev–Trinajstić information content (AvgIpc) is 2.65. The maximum absolute atomic E-state index is 5.99. The predicted molar refractivity (Wildman–Crippen MR) is 80.2 cm³/mol. The first kappa shape index (κ1) is 12.4. The predicted octanol–water partition coefficient (Wildman–Crippen LogP) is 3.48. The Morgan fingerprint density at radius 3 is 2.95 bits per heavy atom. The summed E-state index contributed by atoms with van der Waals surface area (Å²) in [5.74, 6) is 0.445. The molecule has 0 unspecified atom stereocenters. The summed E-state index contributed by atoms with van der Waals surface area (Å²) in [7, 11) is 0. The zero-order valence-electron chi connectivity index (χ0n) is 9.85. The van der Waals surface area contributed by atoms with Crippen molar-refractivity contribution >= 4 is 44.6 Å². The van der Waals surface area contributed by atoms with E-state index < -0.39 is 0 Å². The molecule has 1 aromatic carbocycles. The van der Waals surface area contributed by atoms with E-state index in [9.17, 15) is 0 Å². The van der Waals surface area contributed by atoms with Crippen LogP contribution in [0.15, 0.2) is 41.0 Å². The zero-order valence-corrected chi connectivity index (χ0v) is 12.2. The number of nitrogen functional groups attached to an aromatic ring is 1. The van der Waals surface area contributed by atoms with E-state index in [1.165, 1.54) is 0 Å². The molecule has 2 N–H and O–H groups in total. The van der Waals surface area contributed by atoms with Gasteiger partial charge in [-0.05, 0) is 39.7 Å². The maximum Gasteiger partial charge on any atom is 0.202 e. The number of hydrogen-bond acceptors (Lipinski definition) is 3. The molecule has 6 heteroatoms. The van der Waals surface area contributed by atoms with E-state index >= 15 is 0 Å². The standard InChI is InChI=1S/C13H10BrClN4/c14-9-5-11-12(17-6-9)19(13(16)18-11)7-8-2-1-3-10(15)4-8/h1-6H,7H2,(H2,16,18). The van der Waals surface area contributed by atoms with Crippen LogP contribution >= 0.6 is 27.5 Å². The fraction of sp³-hybridized carbons (Fsp3) is 0.0769. The molecule has 0 saturated heterocycles. The molecule has 3 aromatic rings. The molecule has 0 saturated carbocycles. The first-order valence-corrected chi connectivity index (χ1v) is 6.82. The number of halogens is 2. The number of nitrogens with zero attached hydrogens (tertiary/aromatic N) is 3. The number of pyridine rings is 1. The van der Waals surface area contributed by atoms with Crippen LogP contribution in [0.1, 0.15) is 5.56 Å². The molecular weight excluding hydrogens is 328 g/mol.